The van der Waals surface area contributed by atoms with Crippen LogP contribution in [0.2, 0.25) is 0 Å². The molecule has 0 aliphatic heterocycles. The molecular weight excluding hydrogens is 436 g/mol. The van der Waals surface area contributed by atoms with Gasteiger partial charge in [0.05, 0.1) is 5.69 Å². The van der Waals surface area contributed by atoms with Crippen LogP contribution in [-0.2, 0) is 11.2 Å². The first-order valence-electron chi connectivity index (χ1n) is 9.10. The van der Waals surface area contributed by atoms with E-state index in [9.17, 15) is 9.90 Å². The average Bonchev–Trinajstić information content (AvgIpc) is 2.71. The number of anilines is 2. The van der Waals surface area contributed by atoms with Gasteiger partial charge in [0.2, 0.25) is 0 Å². The van der Waals surface area contributed by atoms with E-state index in [1.807, 2.05) is 30.3 Å². The van der Waals surface area contributed by atoms with E-state index >= 15 is 0 Å². The van der Waals surface area contributed by atoms with Crippen molar-refractivity contribution in [3.63, 3.8) is 0 Å². The lowest BCUT2D eigenvalue weighted by Crippen LogP contribution is -2.46. The maximum Gasteiger partial charge on any atom is 0.323 e. The maximum absolute atomic E-state index is 10.7. The van der Waals surface area contributed by atoms with Gasteiger partial charge in [-0.25, -0.2) is 4.98 Å². The van der Waals surface area contributed by atoms with E-state index in [1.54, 1.807) is 12.1 Å². The molecule has 3 rings (SSSR count). The fraction of sp³-hybridized carbons (Fsp3) is 0.143. The lowest BCUT2D eigenvalue weighted by Gasteiger charge is -2.19. The molecule has 1 heterocycles. The largest absolute Gasteiger partial charge is 0.504 e. The predicted octanol–water partition coefficient (Wildman–Crippen LogP) is 3.53. The second-order valence-electron chi connectivity index (χ2n) is 6.90. The zero-order chi connectivity index (χ0) is 23.0. The zero-order valence-electron chi connectivity index (χ0n) is 17.2. The van der Waals surface area contributed by atoms with E-state index in [-0.39, 0.29) is 36.1 Å². The van der Waals surface area contributed by atoms with Crippen LogP contribution in [0.15, 0.2) is 70.9 Å². The molecule has 0 saturated carbocycles. The number of nitrogen functional groups attached to an aromatic ring is 2. The van der Waals surface area contributed by atoms with Crippen molar-refractivity contribution in [1.82, 2.24) is 4.98 Å². The maximum atomic E-state index is 10.7. The van der Waals surface area contributed by atoms with Crippen molar-refractivity contribution < 1.29 is 20.1 Å². The van der Waals surface area contributed by atoms with Crippen molar-refractivity contribution in [3.8, 4) is 11.5 Å². The molecule has 0 amide bonds. The molecule has 0 bridgehead atoms. The Hall–Kier alpha value is -3.89. The van der Waals surface area contributed by atoms with Crippen molar-refractivity contribution in [1.29, 1.82) is 0 Å². The first kappa shape index (κ1) is 26.1. The molecule has 3 aromatic rings. The Morgan fingerprint density at radius 1 is 1.00 bits per heavy atom. The fourth-order valence-electron chi connectivity index (χ4n) is 2.35. The number of azo groups is 1. The number of nitrogens with zero attached hydrogens (tertiary/aromatic N) is 3. The highest BCUT2D eigenvalue weighted by Gasteiger charge is 2.28. The van der Waals surface area contributed by atoms with E-state index in [0.717, 1.165) is 5.69 Å². The molecule has 10 nitrogen and oxygen atoms in total. The summed E-state index contributed by atoms with van der Waals surface area (Å²) in [7, 11) is 0. The van der Waals surface area contributed by atoms with Crippen molar-refractivity contribution in [2.24, 2.45) is 16.0 Å². The number of hydrogen-bond donors (Lipinski definition) is 6. The number of carbonyl (C=O) groups is 1. The van der Waals surface area contributed by atoms with Gasteiger partial charge in [-0.1, -0.05) is 24.3 Å². The van der Waals surface area contributed by atoms with E-state index in [4.69, 9.17) is 27.4 Å². The van der Waals surface area contributed by atoms with Crippen LogP contribution in [0.3, 0.4) is 0 Å². The minimum absolute atomic E-state index is 0. The number of carboxylic acids is 1. The standard InChI is InChI=1S/C11H11N5.C10H13NO4.ClH/c12-10-7-6-9(11(13)14-10)16-15-8-4-2-1-3-5-8;1-10(11,9(14)15)5-6-2-3-7(12)8(13)4-6;/h1-7H,(H4,12,13,14);2-4,12-13H,5,11H2,1H3,(H,14,15);1H. The summed E-state index contributed by atoms with van der Waals surface area (Å²) in [6, 6.07) is 16.8. The number of halogens is 1. The molecule has 0 spiro atoms. The second kappa shape index (κ2) is 11.5. The van der Waals surface area contributed by atoms with Crippen LogP contribution < -0.4 is 17.2 Å². The molecule has 0 aliphatic rings. The number of phenols is 2. The van der Waals surface area contributed by atoms with Gasteiger partial charge < -0.3 is 32.5 Å². The van der Waals surface area contributed by atoms with Gasteiger partial charge in [-0.05, 0) is 48.9 Å². The number of aromatic nitrogens is 1. The van der Waals surface area contributed by atoms with Crippen molar-refractivity contribution in [3.05, 3.63) is 66.2 Å². The summed E-state index contributed by atoms with van der Waals surface area (Å²) < 4.78 is 0. The number of hydrogen-bond acceptors (Lipinski definition) is 9. The highest BCUT2D eigenvalue weighted by molar-refractivity contribution is 5.85. The van der Waals surface area contributed by atoms with Crippen molar-refractivity contribution >= 4 is 41.4 Å². The highest BCUT2D eigenvalue weighted by Crippen LogP contribution is 2.26. The summed E-state index contributed by atoms with van der Waals surface area (Å²) in [4.78, 5) is 14.6. The molecule has 11 heteroatoms. The Bertz CT molecular complexity index is 1080. The number of aliphatic carboxylic acids is 1. The quantitative estimate of drug-likeness (QED) is 0.245. The molecule has 0 saturated heterocycles. The number of phenolic OH excluding ortho intramolecular Hbond substituents is 2. The molecule has 1 aromatic heterocycles. The Kier molecular flexibility index (Phi) is 9.39. The summed E-state index contributed by atoms with van der Waals surface area (Å²) in [5.74, 6) is -0.993. The number of pyridine rings is 1. The molecule has 170 valence electrons. The molecule has 0 aliphatic carbocycles. The monoisotopic (exact) mass is 460 g/mol. The molecule has 9 N–H and O–H groups in total. The van der Waals surface area contributed by atoms with Gasteiger partial charge in [0.25, 0.3) is 0 Å². The summed E-state index contributed by atoms with van der Waals surface area (Å²) >= 11 is 0. The van der Waals surface area contributed by atoms with Crippen LogP contribution in [0.5, 0.6) is 11.5 Å². The molecule has 0 radical (unpaired) electrons. The van der Waals surface area contributed by atoms with E-state index in [2.05, 4.69) is 15.2 Å². The lowest BCUT2D eigenvalue weighted by atomic mass is 9.94. The van der Waals surface area contributed by atoms with Crippen LogP contribution in [0.25, 0.3) is 0 Å². The van der Waals surface area contributed by atoms with Crippen LogP contribution in [0.4, 0.5) is 23.0 Å². The van der Waals surface area contributed by atoms with Gasteiger partial charge >= 0.3 is 5.97 Å². The molecular formula is C21H25ClN6O4. The van der Waals surface area contributed by atoms with Crippen LogP contribution in [0, 0.1) is 0 Å². The smallest absolute Gasteiger partial charge is 0.323 e. The SMILES string of the molecule is CC(N)(Cc1ccc(O)c(O)c1)C(=O)O.Cl.Nc1ccc(N=Nc2ccccc2)c(N)n1. The normalized spacial score (nSPS) is 12.2. The van der Waals surface area contributed by atoms with Crippen molar-refractivity contribution in [2.45, 2.75) is 18.9 Å². The van der Waals surface area contributed by atoms with Crippen LogP contribution in [-0.4, -0.2) is 31.8 Å². The van der Waals surface area contributed by atoms with Gasteiger partial charge in [0.1, 0.15) is 17.0 Å². The average molecular weight is 461 g/mol. The van der Waals surface area contributed by atoms with E-state index in [1.165, 1.54) is 25.1 Å². The number of rotatable bonds is 5. The number of benzene rings is 2. The van der Waals surface area contributed by atoms with Gasteiger partial charge in [0, 0.05) is 6.42 Å². The van der Waals surface area contributed by atoms with Gasteiger partial charge in [-0.3, -0.25) is 4.79 Å². The molecule has 1 unspecified atom stereocenters. The third-order valence-electron chi connectivity index (χ3n) is 4.05. The summed E-state index contributed by atoms with van der Waals surface area (Å²) in [5.41, 5.74) is 17.1. The number of carboxylic acid groups (broad SMARTS) is 1. The first-order chi connectivity index (χ1) is 14.6. The Labute approximate surface area is 190 Å². The Morgan fingerprint density at radius 3 is 2.22 bits per heavy atom. The number of nitrogens with two attached hydrogens (primary N) is 3. The topological polar surface area (TPSA) is 193 Å². The summed E-state index contributed by atoms with van der Waals surface area (Å²) in [6.07, 6.45) is 0.0795. The third kappa shape index (κ3) is 7.74. The van der Waals surface area contributed by atoms with E-state index in [0.29, 0.717) is 17.1 Å². The number of aromatic hydroxyl groups is 2. The van der Waals surface area contributed by atoms with Crippen LogP contribution >= 0.6 is 12.4 Å². The van der Waals surface area contributed by atoms with Gasteiger partial charge in [0.15, 0.2) is 17.3 Å². The predicted molar refractivity (Wildman–Crippen MR) is 125 cm³/mol. The lowest BCUT2D eigenvalue weighted by molar-refractivity contribution is -0.142. The van der Waals surface area contributed by atoms with Gasteiger partial charge in [-0.2, -0.15) is 5.11 Å². The van der Waals surface area contributed by atoms with Gasteiger partial charge in [-0.15, -0.1) is 17.5 Å². The second-order valence-corrected chi connectivity index (χ2v) is 6.90. The summed E-state index contributed by atoms with van der Waals surface area (Å²) in [5, 5.41) is 35.1. The van der Waals surface area contributed by atoms with Crippen molar-refractivity contribution in [2.75, 3.05) is 11.5 Å². The summed E-state index contributed by atoms with van der Waals surface area (Å²) in [6.45, 7) is 1.39. The minimum atomic E-state index is -1.39. The molecule has 1 atom stereocenters. The Morgan fingerprint density at radius 2 is 1.66 bits per heavy atom. The minimum Gasteiger partial charge on any atom is -0.504 e. The first-order valence-corrected chi connectivity index (χ1v) is 9.10. The highest BCUT2D eigenvalue weighted by atomic mass is 35.5. The van der Waals surface area contributed by atoms with E-state index < -0.39 is 11.5 Å². The third-order valence-corrected chi connectivity index (χ3v) is 4.05. The Balaban J connectivity index is 0.000000311. The fourth-order valence-corrected chi connectivity index (χ4v) is 2.35. The zero-order valence-corrected chi connectivity index (χ0v) is 18.0. The molecule has 0 fully saturated rings. The van der Waals surface area contributed by atoms with Crippen LogP contribution in [0.1, 0.15) is 12.5 Å². The molecule has 32 heavy (non-hydrogen) atoms. The molecule has 2 aromatic carbocycles.